The Labute approximate surface area is 116 Å². The van der Waals surface area contributed by atoms with E-state index in [0.717, 1.165) is 17.1 Å². The molecule has 0 N–H and O–H groups in total. The molecule has 0 aromatic carbocycles. The summed E-state index contributed by atoms with van der Waals surface area (Å²) in [6.07, 6.45) is 1.74. The predicted molar refractivity (Wildman–Crippen MR) is 71.2 cm³/mol. The number of methoxy groups -OCH3 is 1. The molecule has 106 valence electrons. The molecule has 1 saturated heterocycles. The molecule has 3 heterocycles. The molecule has 8 nitrogen and oxygen atoms in total. The molecule has 0 atom stereocenters. The molecule has 0 bridgehead atoms. The average molecular weight is 275 g/mol. The molecule has 0 saturated carbocycles. The van der Waals surface area contributed by atoms with Gasteiger partial charge >= 0.3 is 0 Å². The zero-order valence-electron chi connectivity index (χ0n) is 12.0. The van der Waals surface area contributed by atoms with Crippen LogP contribution in [0.15, 0.2) is 6.20 Å². The third kappa shape index (κ3) is 1.83. The smallest absolute Gasteiger partial charge is 0.245 e. The van der Waals surface area contributed by atoms with Crippen molar-refractivity contribution in [2.45, 2.75) is 19.4 Å². The first-order valence-corrected chi connectivity index (χ1v) is 6.39. The average Bonchev–Trinajstić information content (AvgIpc) is 2.80. The van der Waals surface area contributed by atoms with Gasteiger partial charge in [-0.1, -0.05) is 5.21 Å². The van der Waals surface area contributed by atoms with Gasteiger partial charge in [0.15, 0.2) is 0 Å². The van der Waals surface area contributed by atoms with Crippen molar-refractivity contribution < 1.29 is 4.74 Å². The molecule has 1 fully saturated rings. The lowest BCUT2D eigenvalue weighted by Gasteiger charge is -2.48. The van der Waals surface area contributed by atoms with E-state index in [9.17, 15) is 0 Å². The molecule has 0 radical (unpaired) electrons. The number of anilines is 1. The van der Waals surface area contributed by atoms with Gasteiger partial charge in [-0.15, -0.1) is 10.2 Å². The Bertz CT molecular complexity index is 632. The van der Waals surface area contributed by atoms with Crippen molar-refractivity contribution in [3.05, 3.63) is 23.3 Å². The zero-order valence-corrected chi connectivity index (χ0v) is 12.0. The molecule has 0 unspecified atom stereocenters. The van der Waals surface area contributed by atoms with Crippen molar-refractivity contribution in [2.24, 2.45) is 7.05 Å². The molecule has 1 aliphatic rings. The fourth-order valence-corrected chi connectivity index (χ4v) is 2.39. The summed E-state index contributed by atoms with van der Waals surface area (Å²) >= 11 is 0. The highest BCUT2D eigenvalue weighted by Gasteiger charge is 2.48. The number of ether oxygens (including phenoxy) is 1. The Kier molecular flexibility index (Phi) is 2.89. The summed E-state index contributed by atoms with van der Waals surface area (Å²) < 4.78 is 7.42. The number of hydrogen-bond donors (Lipinski definition) is 0. The van der Waals surface area contributed by atoms with Crippen LogP contribution in [0.3, 0.4) is 0 Å². The minimum absolute atomic E-state index is 0.402. The third-order valence-electron chi connectivity index (χ3n) is 3.83. The first kappa shape index (κ1) is 12.9. The monoisotopic (exact) mass is 275 g/mol. The summed E-state index contributed by atoms with van der Waals surface area (Å²) in [6, 6.07) is 0. The van der Waals surface area contributed by atoms with Crippen molar-refractivity contribution in [2.75, 3.05) is 25.1 Å². The molecule has 8 heteroatoms. The summed E-state index contributed by atoms with van der Waals surface area (Å²) in [6.45, 7) is 5.15. The first-order valence-electron chi connectivity index (χ1n) is 6.39. The summed E-state index contributed by atoms with van der Waals surface area (Å²) in [5, 5.41) is 16.1. The predicted octanol–water partition coefficient (Wildman–Crippen LogP) is -0.0212. The number of rotatable bonds is 3. The van der Waals surface area contributed by atoms with Crippen LogP contribution in [-0.2, 0) is 17.4 Å². The molecular weight excluding hydrogens is 258 g/mol. The highest BCUT2D eigenvalue weighted by Crippen LogP contribution is 2.36. The van der Waals surface area contributed by atoms with Gasteiger partial charge in [0.05, 0.1) is 36.4 Å². The standard InChI is InChI=1S/C12H17N7O/c1-8-9(2)15-16-11(14-8)19-6-12(7-19,20-4)10-5-13-17-18(10)3/h5H,6-7H2,1-4H3. The molecule has 20 heavy (non-hydrogen) atoms. The van der Waals surface area contributed by atoms with E-state index in [2.05, 4.69) is 25.5 Å². The van der Waals surface area contributed by atoms with Crippen molar-refractivity contribution in [1.29, 1.82) is 0 Å². The molecule has 1 aliphatic heterocycles. The van der Waals surface area contributed by atoms with Gasteiger partial charge in [0.25, 0.3) is 0 Å². The van der Waals surface area contributed by atoms with Gasteiger partial charge < -0.3 is 9.64 Å². The van der Waals surface area contributed by atoms with E-state index >= 15 is 0 Å². The minimum atomic E-state index is -0.402. The molecule has 0 aliphatic carbocycles. The summed E-state index contributed by atoms with van der Waals surface area (Å²) in [4.78, 5) is 6.49. The zero-order chi connectivity index (χ0) is 14.3. The fraction of sp³-hybridized carbons (Fsp3) is 0.583. The maximum absolute atomic E-state index is 5.69. The van der Waals surface area contributed by atoms with Crippen LogP contribution < -0.4 is 4.90 Å². The molecular formula is C12H17N7O. The van der Waals surface area contributed by atoms with E-state index in [1.165, 1.54) is 0 Å². The molecule has 0 amide bonds. The van der Waals surface area contributed by atoms with Gasteiger partial charge in [0.1, 0.15) is 5.60 Å². The molecule has 0 spiro atoms. The Morgan fingerprint density at radius 3 is 2.50 bits per heavy atom. The van der Waals surface area contributed by atoms with Gasteiger partial charge in [0.2, 0.25) is 5.95 Å². The lowest BCUT2D eigenvalue weighted by molar-refractivity contribution is -0.0452. The topological polar surface area (TPSA) is 81.9 Å². The Morgan fingerprint density at radius 2 is 1.95 bits per heavy atom. The van der Waals surface area contributed by atoms with Crippen molar-refractivity contribution >= 4 is 5.95 Å². The second kappa shape index (κ2) is 4.48. The normalized spacial score (nSPS) is 17.1. The summed E-state index contributed by atoms with van der Waals surface area (Å²) in [5.41, 5.74) is 2.30. The van der Waals surface area contributed by atoms with Gasteiger partial charge in [0, 0.05) is 14.2 Å². The van der Waals surface area contributed by atoms with E-state index in [1.807, 2.05) is 25.8 Å². The Morgan fingerprint density at radius 1 is 1.20 bits per heavy atom. The van der Waals surface area contributed by atoms with Gasteiger partial charge in [-0.3, -0.25) is 0 Å². The number of nitrogens with zero attached hydrogens (tertiary/aromatic N) is 7. The summed E-state index contributed by atoms with van der Waals surface area (Å²) in [7, 11) is 3.56. The third-order valence-corrected chi connectivity index (χ3v) is 3.83. The Hall–Kier alpha value is -2.09. The lowest BCUT2D eigenvalue weighted by Crippen LogP contribution is -2.62. The van der Waals surface area contributed by atoms with E-state index < -0.39 is 5.60 Å². The van der Waals surface area contributed by atoms with Crippen LogP contribution in [0.1, 0.15) is 17.1 Å². The van der Waals surface area contributed by atoms with Gasteiger partial charge in [-0.2, -0.15) is 5.10 Å². The van der Waals surface area contributed by atoms with Crippen molar-refractivity contribution in [3.63, 3.8) is 0 Å². The van der Waals surface area contributed by atoms with Crippen LogP contribution in [0, 0.1) is 13.8 Å². The van der Waals surface area contributed by atoms with Gasteiger partial charge in [-0.25, -0.2) is 9.67 Å². The first-order chi connectivity index (χ1) is 9.55. The van der Waals surface area contributed by atoms with Gasteiger partial charge in [-0.05, 0) is 13.8 Å². The van der Waals surface area contributed by atoms with Crippen LogP contribution >= 0.6 is 0 Å². The highest BCUT2D eigenvalue weighted by molar-refractivity contribution is 5.40. The maximum Gasteiger partial charge on any atom is 0.245 e. The number of aryl methyl sites for hydroxylation is 3. The van der Waals surface area contributed by atoms with Crippen LogP contribution in [0.25, 0.3) is 0 Å². The Balaban J connectivity index is 1.82. The molecule has 2 aromatic heterocycles. The van der Waals surface area contributed by atoms with Crippen LogP contribution in [0.4, 0.5) is 5.95 Å². The SMILES string of the molecule is COC1(c2cnnn2C)CN(c2nnc(C)c(C)n2)C1. The van der Waals surface area contributed by atoms with Crippen LogP contribution in [0.2, 0.25) is 0 Å². The second-order valence-electron chi connectivity index (χ2n) is 5.08. The van der Waals surface area contributed by atoms with E-state index in [1.54, 1.807) is 18.0 Å². The van der Waals surface area contributed by atoms with Crippen molar-refractivity contribution in [1.82, 2.24) is 30.2 Å². The lowest BCUT2D eigenvalue weighted by atomic mass is 9.90. The van der Waals surface area contributed by atoms with Crippen LogP contribution in [-0.4, -0.2) is 50.4 Å². The fourth-order valence-electron chi connectivity index (χ4n) is 2.39. The second-order valence-corrected chi connectivity index (χ2v) is 5.08. The van der Waals surface area contributed by atoms with Crippen molar-refractivity contribution in [3.8, 4) is 0 Å². The largest absolute Gasteiger partial charge is 0.368 e. The number of hydrogen-bond acceptors (Lipinski definition) is 7. The molecule has 2 aromatic rings. The summed E-state index contributed by atoms with van der Waals surface area (Å²) in [5.74, 6) is 0.635. The van der Waals surface area contributed by atoms with E-state index in [0.29, 0.717) is 19.0 Å². The quantitative estimate of drug-likeness (QED) is 0.778. The maximum atomic E-state index is 5.69. The molecule has 3 rings (SSSR count). The van der Waals surface area contributed by atoms with E-state index in [4.69, 9.17) is 4.74 Å². The minimum Gasteiger partial charge on any atom is -0.368 e. The van der Waals surface area contributed by atoms with E-state index in [-0.39, 0.29) is 0 Å². The van der Waals surface area contributed by atoms with Crippen LogP contribution in [0.5, 0.6) is 0 Å². The number of aromatic nitrogens is 6. The highest BCUT2D eigenvalue weighted by atomic mass is 16.5.